The number of benzene rings is 2. The van der Waals surface area contributed by atoms with Gasteiger partial charge in [-0.15, -0.1) is 0 Å². The van der Waals surface area contributed by atoms with Gasteiger partial charge in [-0.25, -0.2) is 5.43 Å². The molecule has 1 N–H and O–H groups in total. The molecule has 0 bridgehead atoms. The fraction of sp³-hybridized carbons (Fsp3) is 0.182. The van der Waals surface area contributed by atoms with Gasteiger partial charge in [0.05, 0.1) is 32.5 Å². The van der Waals surface area contributed by atoms with Crippen molar-refractivity contribution in [3.8, 4) is 17.2 Å². The predicted octanol–water partition coefficient (Wildman–Crippen LogP) is 3.50. The number of aromatic nitrogens is 1. The third-order valence-corrected chi connectivity index (χ3v) is 4.32. The molecule has 3 rings (SSSR count). The van der Waals surface area contributed by atoms with Gasteiger partial charge in [-0.1, -0.05) is 12.1 Å². The van der Waals surface area contributed by atoms with Crippen molar-refractivity contribution in [1.29, 1.82) is 0 Å². The average Bonchev–Trinajstić information content (AvgIpc) is 3.08. The van der Waals surface area contributed by atoms with Gasteiger partial charge in [-0.2, -0.15) is 5.10 Å². The highest BCUT2D eigenvalue weighted by molar-refractivity contribution is 5.83. The molecule has 0 saturated heterocycles. The van der Waals surface area contributed by atoms with Crippen molar-refractivity contribution in [3.63, 3.8) is 0 Å². The molecule has 0 atom stereocenters. The number of methoxy groups -OCH3 is 2. The highest BCUT2D eigenvalue weighted by Crippen LogP contribution is 2.19. The molecule has 0 spiro atoms. The fourth-order valence-electron chi connectivity index (χ4n) is 2.92. The average molecular weight is 377 g/mol. The van der Waals surface area contributed by atoms with E-state index in [4.69, 9.17) is 9.47 Å². The van der Waals surface area contributed by atoms with Crippen molar-refractivity contribution in [3.05, 3.63) is 77.6 Å². The topological polar surface area (TPSA) is 64.8 Å². The lowest BCUT2D eigenvalue weighted by atomic mass is 10.1. The van der Waals surface area contributed by atoms with E-state index in [0.29, 0.717) is 0 Å². The molecular formula is C22H23N3O3. The molecule has 6 nitrogen and oxygen atoms in total. The van der Waals surface area contributed by atoms with Crippen molar-refractivity contribution < 1.29 is 14.3 Å². The van der Waals surface area contributed by atoms with Crippen molar-refractivity contribution in [2.45, 2.75) is 13.3 Å². The van der Waals surface area contributed by atoms with Crippen LogP contribution in [0.1, 0.15) is 17.0 Å². The van der Waals surface area contributed by atoms with E-state index in [-0.39, 0.29) is 12.3 Å². The number of nitrogens with zero attached hydrogens (tertiary/aromatic N) is 2. The minimum absolute atomic E-state index is 0.191. The number of nitrogens with one attached hydrogen (secondary N) is 1. The molecule has 6 heteroatoms. The van der Waals surface area contributed by atoms with Gasteiger partial charge in [-0.3, -0.25) is 4.79 Å². The zero-order valence-electron chi connectivity index (χ0n) is 16.2. The predicted molar refractivity (Wildman–Crippen MR) is 109 cm³/mol. The lowest BCUT2D eigenvalue weighted by Gasteiger charge is -2.10. The second-order valence-corrected chi connectivity index (χ2v) is 6.25. The minimum Gasteiger partial charge on any atom is -0.497 e. The summed E-state index contributed by atoms with van der Waals surface area (Å²) in [5.74, 6) is 1.33. The minimum atomic E-state index is -0.191. The number of hydrogen-bond acceptors (Lipinski definition) is 4. The van der Waals surface area contributed by atoms with Gasteiger partial charge in [0, 0.05) is 11.4 Å². The van der Waals surface area contributed by atoms with Crippen LogP contribution in [0, 0.1) is 6.92 Å². The summed E-state index contributed by atoms with van der Waals surface area (Å²) in [6, 6.07) is 19.1. The summed E-state index contributed by atoms with van der Waals surface area (Å²) >= 11 is 0. The molecule has 144 valence electrons. The van der Waals surface area contributed by atoms with Gasteiger partial charge < -0.3 is 14.0 Å². The lowest BCUT2D eigenvalue weighted by Crippen LogP contribution is -2.20. The van der Waals surface area contributed by atoms with Crippen molar-refractivity contribution in [1.82, 2.24) is 9.99 Å². The maximum atomic E-state index is 12.1. The van der Waals surface area contributed by atoms with Gasteiger partial charge in [0.2, 0.25) is 5.91 Å². The van der Waals surface area contributed by atoms with E-state index in [1.807, 2.05) is 67.6 Å². The molecular weight excluding hydrogens is 354 g/mol. The number of ether oxygens (including phenoxy) is 2. The number of hydrogen-bond donors (Lipinski definition) is 1. The zero-order chi connectivity index (χ0) is 19.9. The summed E-state index contributed by atoms with van der Waals surface area (Å²) in [4.78, 5) is 12.1. The Bertz CT molecular complexity index is 975. The van der Waals surface area contributed by atoms with Crippen LogP contribution in [0.5, 0.6) is 11.5 Å². The van der Waals surface area contributed by atoms with Crippen molar-refractivity contribution in [2.24, 2.45) is 5.10 Å². The second-order valence-electron chi connectivity index (χ2n) is 6.25. The molecule has 0 saturated carbocycles. The van der Waals surface area contributed by atoms with E-state index in [9.17, 15) is 4.79 Å². The Labute approximate surface area is 164 Å². The highest BCUT2D eigenvalue weighted by Gasteiger charge is 2.07. The molecule has 0 unspecified atom stereocenters. The molecule has 0 fully saturated rings. The quantitative estimate of drug-likeness (QED) is 0.506. The van der Waals surface area contributed by atoms with E-state index in [2.05, 4.69) is 15.1 Å². The van der Waals surface area contributed by atoms with Crippen LogP contribution in [0.3, 0.4) is 0 Å². The van der Waals surface area contributed by atoms with Gasteiger partial charge in [0.15, 0.2) is 0 Å². The summed E-state index contributed by atoms with van der Waals surface area (Å²) in [7, 11) is 3.24. The van der Waals surface area contributed by atoms with Crippen molar-refractivity contribution >= 4 is 12.1 Å². The van der Waals surface area contributed by atoms with E-state index in [1.165, 1.54) is 0 Å². The Morgan fingerprint density at radius 1 is 1.04 bits per heavy atom. The van der Waals surface area contributed by atoms with Crippen LogP contribution in [-0.4, -0.2) is 30.9 Å². The molecule has 0 radical (unpaired) electrons. The molecule has 1 heterocycles. The van der Waals surface area contributed by atoms with Gasteiger partial charge in [0.25, 0.3) is 0 Å². The molecule has 3 aromatic rings. The number of hydrazone groups is 1. The van der Waals surface area contributed by atoms with Crippen LogP contribution in [-0.2, 0) is 11.2 Å². The molecule has 1 amide bonds. The number of carbonyl (C=O) groups is 1. The van der Waals surface area contributed by atoms with Gasteiger partial charge in [0.1, 0.15) is 11.5 Å². The van der Waals surface area contributed by atoms with E-state index in [0.717, 1.165) is 34.1 Å². The lowest BCUT2D eigenvalue weighted by molar-refractivity contribution is -0.120. The van der Waals surface area contributed by atoms with Gasteiger partial charge >= 0.3 is 0 Å². The SMILES string of the molecule is COc1ccc(-n2c(C)ccc2/C=N\NC(=O)Cc2cccc(OC)c2)cc1. The van der Waals surface area contributed by atoms with Crippen LogP contribution in [0.25, 0.3) is 5.69 Å². The highest BCUT2D eigenvalue weighted by atomic mass is 16.5. The molecule has 0 aliphatic carbocycles. The maximum absolute atomic E-state index is 12.1. The molecule has 28 heavy (non-hydrogen) atoms. The van der Waals surface area contributed by atoms with Crippen molar-refractivity contribution in [2.75, 3.05) is 14.2 Å². The van der Waals surface area contributed by atoms with Crippen LogP contribution in [0.15, 0.2) is 65.8 Å². The summed E-state index contributed by atoms with van der Waals surface area (Å²) < 4.78 is 12.4. The monoisotopic (exact) mass is 377 g/mol. The molecule has 1 aromatic heterocycles. The number of rotatable bonds is 7. The number of amides is 1. The molecule has 2 aromatic carbocycles. The van der Waals surface area contributed by atoms with Crippen LogP contribution >= 0.6 is 0 Å². The number of aryl methyl sites for hydroxylation is 1. The Morgan fingerprint density at radius 2 is 1.79 bits per heavy atom. The molecule has 0 aliphatic rings. The van der Waals surface area contributed by atoms with E-state index in [1.54, 1.807) is 20.4 Å². The third-order valence-electron chi connectivity index (χ3n) is 4.32. The van der Waals surface area contributed by atoms with Crippen LogP contribution < -0.4 is 14.9 Å². The number of carbonyl (C=O) groups excluding carboxylic acids is 1. The molecule has 0 aliphatic heterocycles. The first-order valence-corrected chi connectivity index (χ1v) is 8.88. The Morgan fingerprint density at radius 3 is 2.50 bits per heavy atom. The van der Waals surface area contributed by atoms with E-state index < -0.39 is 0 Å². The Hall–Kier alpha value is -3.54. The Kier molecular flexibility index (Phi) is 6.11. The Balaban J connectivity index is 1.68. The first kappa shape index (κ1) is 19.2. The van der Waals surface area contributed by atoms with Crippen LogP contribution in [0.4, 0.5) is 0 Å². The second kappa shape index (κ2) is 8.90. The largest absolute Gasteiger partial charge is 0.497 e. The zero-order valence-corrected chi connectivity index (χ0v) is 16.2. The van der Waals surface area contributed by atoms with E-state index >= 15 is 0 Å². The summed E-state index contributed by atoms with van der Waals surface area (Å²) in [6.07, 6.45) is 1.87. The first-order valence-electron chi connectivity index (χ1n) is 8.88. The smallest absolute Gasteiger partial charge is 0.244 e. The fourth-order valence-corrected chi connectivity index (χ4v) is 2.92. The first-order chi connectivity index (χ1) is 13.6. The third kappa shape index (κ3) is 4.59. The standard InChI is InChI=1S/C22H23N3O3/c1-16-7-8-19(25(16)18-9-11-20(27-2)12-10-18)15-23-24-22(26)14-17-5-4-6-21(13-17)28-3/h4-13,15H,14H2,1-3H3,(H,24,26)/b23-15-. The normalized spacial score (nSPS) is 10.8. The van der Waals surface area contributed by atoms with Crippen LogP contribution in [0.2, 0.25) is 0 Å². The summed E-state index contributed by atoms with van der Waals surface area (Å²) in [5, 5.41) is 4.11. The summed E-state index contributed by atoms with van der Waals surface area (Å²) in [5.41, 5.74) is 6.37. The van der Waals surface area contributed by atoms with Gasteiger partial charge in [-0.05, 0) is 61.0 Å². The maximum Gasteiger partial charge on any atom is 0.244 e. The summed E-state index contributed by atoms with van der Waals surface area (Å²) in [6.45, 7) is 2.02.